The van der Waals surface area contributed by atoms with Crippen molar-refractivity contribution in [1.82, 2.24) is 9.55 Å². The van der Waals surface area contributed by atoms with Crippen LogP contribution in [0.15, 0.2) is 122 Å². The van der Waals surface area contributed by atoms with E-state index in [1.54, 1.807) is 6.33 Å². The molecule has 5 aromatic rings. The zero-order chi connectivity index (χ0) is 22.7. The molecule has 1 atom stereocenters. The summed E-state index contributed by atoms with van der Waals surface area (Å²) in [5.74, 6) is -0.856. The van der Waals surface area contributed by atoms with Crippen molar-refractivity contribution in [3.63, 3.8) is 0 Å². The van der Waals surface area contributed by atoms with Crippen molar-refractivity contribution in [1.29, 1.82) is 0 Å². The molecule has 0 aliphatic carbocycles. The lowest BCUT2D eigenvalue weighted by Gasteiger charge is -2.30. The van der Waals surface area contributed by atoms with Gasteiger partial charge in [-0.25, -0.2) is 9.78 Å². The number of carboxylic acid groups (broad SMARTS) is 1. The Morgan fingerprint density at radius 2 is 1.18 bits per heavy atom. The van der Waals surface area contributed by atoms with E-state index in [-0.39, 0.29) is 0 Å². The number of nitrogens with zero attached hydrogens (tertiary/aromatic N) is 2. The van der Waals surface area contributed by atoms with E-state index in [1.807, 2.05) is 83.4 Å². The third-order valence-corrected chi connectivity index (χ3v) is 10.6. The van der Waals surface area contributed by atoms with E-state index in [0.717, 1.165) is 26.9 Å². The fourth-order valence-corrected chi connectivity index (χ4v) is 9.00. The number of hydrogen-bond acceptors (Lipinski definition) is 2. The fraction of sp³-hybridized carbons (Fsp3) is 0.0714. The third-order valence-electron chi connectivity index (χ3n) is 6.14. The molecule has 0 bridgehead atoms. The van der Waals surface area contributed by atoms with Crippen LogP contribution in [0.4, 0.5) is 0 Å². The quantitative estimate of drug-likeness (QED) is 0.367. The number of hydrogen-bond donors (Lipinski definition) is 1. The van der Waals surface area contributed by atoms with Gasteiger partial charge >= 0.3 is 5.97 Å². The van der Waals surface area contributed by atoms with Gasteiger partial charge in [0.05, 0.1) is 17.4 Å². The van der Waals surface area contributed by atoms with Gasteiger partial charge in [-0.05, 0) is 48.5 Å². The van der Waals surface area contributed by atoms with E-state index >= 15 is 0 Å². The molecule has 1 aromatic heterocycles. The van der Waals surface area contributed by atoms with Gasteiger partial charge in [0.25, 0.3) is 0 Å². The maximum atomic E-state index is 12.8. The normalized spacial score (nSPS) is 12.5. The molecule has 33 heavy (non-hydrogen) atoms. The second-order valence-corrected chi connectivity index (χ2v) is 11.5. The van der Waals surface area contributed by atoms with Crippen molar-refractivity contribution < 1.29 is 9.90 Å². The molecule has 0 spiro atoms. The first-order valence-electron chi connectivity index (χ1n) is 10.9. The molecule has 1 N–H and O–H groups in total. The van der Waals surface area contributed by atoms with Gasteiger partial charge in [-0.3, -0.25) is 0 Å². The van der Waals surface area contributed by atoms with E-state index in [0.29, 0.717) is 6.16 Å². The summed E-state index contributed by atoms with van der Waals surface area (Å²) in [6, 6.07) is 38.0. The van der Waals surface area contributed by atoms with Gasteiger partial charge < -0.3 is 9.67 Å². The molecule has 4 nitrogen and oxygen atoms in total. The summed E-state index contributed by atoms with van der Waals surface area (Å²) >= 11 is 0. The van der Waals surface area contributed by atoms with Gasteiger partial charge in [0.15, 0.2) is 6.04 Å². The minimum Gasteiger partial charge on any atom is -0.480 e. The van der Waals surface area contributed by atoms with E-state index in [4.69, 9.17) is 0 Å². The summed E-state index contributed by atoms with van der Waals surface area (Å²) in [7, 11) is -2.31. The van der Waals surface area contributed by atoms with Crippen molar-refractivity contribution in [2.45, 2.75) is 6.04 Å². The highest BCUT2D eigenvalue weighted by Gasteiger charge is 2.49. The Labute approximate surface area is 193 Å². The Kier molecular flexibility index (Phi) is 5.77. The van der Waals surface area contributed by atoms with Gasteiger partial charge in [-0.2, -0.15) is 0 Å². The SMILES string of the molecule is O=C(O)C(C[P+](c1ccccc1)(c1ccccc1)c1ccccc1)n1cnc2ccccc21. The van der Waals surface area contributed by atoms with Crippen molar-refractivity contribution in [2.24, 2.45) is 0 Å². The lowest BCUT2D eigenvalue weighted by atomic mass is 10.3. The average Bonchev–Trinajstić information content (AvgIpc) is 3.30. The van der Waals surface area contributed by atoms with Crippen LogP contribution < -0.4 is 15.9 Å². The van der Waals surface area contributed by atoms with Crippen molar-refractivity contribution >= 4 is 40.2 Å². The molecule has 0 amide bonds. The van der Waals surface area contributed by atoms with Crippen LogP contribution in [0.3, 0.4) is 0 Å². The molecular formula is C28H24N2O2P+. The van der Waals surface area contributed by atoms with Crippen LogP contribution >= 0.6 is 7.26 Å². The summed E-state index contributed by atoms with van der Waals surface area (Å²) in [6.45, 7) is 0. The smallest absolute Gasteiger partial charge is 0.330 e. The van der Waals surface area contributed by atoms with Crippen molar-refractivity contribution in [3.8, 4) is 0 Å². The highest BCUT2D eigenvalue weighted by Crippen LogP contribution is 2.57. The first-order chi connectivity index (χ1) is 16.2. The Morgan fingerprint density at radius 1 is 0.727 bits per heavy atom. The molecule has 0 saturated heterocycles. The number of aliphatic carboxylic acids is 1. The number of carbonyl (C=O) groups is 1. The van der Waals surface area contributed by atoms with E-state index in [2.05, 4.69) is 41.4 Å². The summed E-state index contributed by atoms with van der Waals surface area (Å²) in [6.07, 6.45) is 2.11. The largest absolute Gasteiger partial charge is 0.480 e. The van der Waals surface area contributed by atoms with Crippen LogP contribution in [0, 0.1) is 0 Å². The van der Waals surface area contributed by atoms with E-state index in [9.17, 15) is 9.90 Å². The number of rotatable bonds is 7. The van der Waals surface area contributed by atoms with Crippen LogP contribution in [0.2, 0.25) is 0 Å². The first-order valence-corrected chi connectivity index (χ1v) is 12.9. The standard InChI is InChI=1S/C28H23N2O2P/c31-28(32)27(30-21-29-25-18-10-11-19-26(25)30)20-33(22-12-4-1-5-13-22,23-14-6-2-7-15-23)24-16-8-3-9-17-24/h1-19,21,27H,20H2/p+1. The predicted octanol–water partition coefficient (Wildman–Crippen LogP) is 4.66. The third kappa shape index (κ3) is 3.83. The van der Waals surface area contributed by atoms with E-state index in [1.165, 1.54) is 0 Å². The number of benzene rings is 4. The van der Waals surface area contributed by atoms with Crippen molar-refractivity contribution in [3.05, 3.63) is 122 Å². The highest BCUT2D eigenvalue weighted by atomic mass is 31.2. The second-order valence-electron chi connectivity index (χ2n) is 7.99. The molecule has 0 fully saturated rings. The maximum Gasteiger partial charge on any atom is 0.330 e. The van der Waals surface area contributed by atoms with Gasteiger partial charge in [-0.15, -0.1) is 0 Å². The molecule has 5 rings (SSSR count). The van der Waals surface area contributed by atoms with Crippen molar-refractivity contribution in [2.75, 3.05) is 6.16 Å². The number of fused-ring (bicyclic) bond motifs is 1. The van der Waals surface area contributed by atoms with E-state index < -0.39 is 19.3 Å². The molecule has 5 heteroatoms. The van der Waals surface area contributed by atoms with Gasteiger partial charge in [0.1, 0.15) is 29.3 Å². The number of imidazole rings is 1. The Hall–Kier alpha value is -3.75. The zero-order valence-electron chi connectivity index (χ0n) is 18.0. The number of para-hydroxylation sites is 2. The molecule has 1 heterocycles. The maximum absolute atomic E-state index is 12.8. The predicted molar refractivity (Wildman–Crippen MR) is 136 cm³/mol. The molecule has 162 valence electrons. The molecule has 1 unspecified atom stereocenters. The molecular weight excluding hydrogens is 427 g/mol. The summed E-state index contributed by atoms with van der Waals surface area (Å²) in [4.78, 5) is 17.3. The average molecular weight is 451 g/mol. The minimum atomic E-state index is -2.31. The summed E-state index contributed by atoms with van der Waals surface area (Å²) in [5.41, 5.74) is 1.63. The monoisotopic (exact) mass is 451 g/mol. The molecule has 0 radical (unpaired) electrons. The number of aromatic nitrogens is 2. The Balaban J connectivity index is 1.77. The fourth-order valence-electron chi connectivity index (χ4n) is 4.58. The molecule has 0 aliphatic rings. The van der Waals surface area contributed by atoms with Crippen LogP contribution in [0.1, 0.15) is 6.04 Å². The van der Waals surface area contributed by atoms with Crippen LogP contribution in [0.25, 0.3) is 11.0 Å². The molecule has 0 saturated carbocycles. The zero-order valence-corrected chi connectivity index (χ0v) is 18.9. The second kappa shape index (κ2) is 9.01. The summed E-state index contributed by atoms with van der Waals surface area (Å²) < 4.78 is 1.82. The Bertz CT molecular complexity index is 1270. The van der Waals surface area contributed by atoms with Crippen LogP contribution in [0.5, 0.6) is 0 Å². The summed E-state index contributed by atoms with van der Waals surface area (Å²) in [5, 5.41) is 14.0. The number of carboxylic acids is 1. The Morgan fingerprint density at radius 3 is 1.67 bits per heavy atom. The van der Waals surface area contributed by atoms with Gasteiger partial charge in [0.2, 0.25) is 0 Å². The molecule has 4 aromatic carbocycles. The molecule has 0 aliphatic heterocycles. The minimum absolute atomic E-state index is 0.445. The first kappa shape index (κ1) is 21.1. The van der Waals surface area contributed by atoms with Gasteiger partial charge in [0, 0.05) is 0 Å². The highest BCUT2D eigenvalue weighted by molar-refractivity contribution is 7.95. The van der Waals surface area contributed by atoms with Gasteiger partial charge in [-0.1, -0.05) is 66.7 Å². The van der Waals surface area contributed by atoms with Crippen LogP contribution in [-0.4, -0.2) is 26.8 Å². The van der Waals surface area contributed by atoms with Crippen LogP contribution in [-0.2, 0) is 4.79 Å². The lowest BCUT2D eigenvalue weighted by Crippen LogP contribution is -2.38. The topological polar surface area (TPSA) is 55.1 Å². The lowest BCUT2D eigenvalue weighted by molar-refractivity contribution is -0.140.